The Morgan fingerprint density at radius 2 is 2.04 bits per heavy atom. The van der Waals surface area contributed by atoms with E-state index in [0.29, 0.717) is 11.8 Å². The molecule has 1 aromatic rings. The maximum atomic E-state index is 12.2. The number of carbonyl (C=O) groups is 2. The van der Waals surface area contributed by atoms with Crippen LogP contribution in [0.3, 0.4) is 0 Å². The lowest BCUT2D eigenvalue weighted by Gasteiger charge is -2.30. The summed E-state index contributed by atoms with van der Waals surface area (Å²) in [5.41, 5.74) is 0.288. The van der Waals surface area contributed by atoms with Crippen LogP contribution in [-0.4, -0.2) is 36.1 Å². The number of amides is 1. The molecule has 0 saturated heterocycles. The quantitative estimate of drug-likeness (QED) is 0.843. The SMILES string of the molecule is COc1ccc(C(=O)O[C@H](C)C(=O)N[C@@H]2CCCC[C@H]2C)cn1. The first-order chi connectivity index (χ1) is 11.0. The minimum atomic E-state index is -0.835. The Kier molecular flexibility index (Phi) is 5.96. The maximum absolute atomic E-state index is 12.2. The average Bonchev–Trinajstić information content (AvgIpc) is 2.56. The second-order valence-electron chi connectivity index (χ2n) is 6.01. The van der Waals surface area contributed by atoms with E-state index in [1.165, 1.54) is 19.7 Å². The molecular weight excluding hydrogens is 296 g/mol. The largest absolute Gasteiger partial charge is 0.481 e. The second-order valence-corrected chi connectivity index (χ2v) is 6.01. The van der Waals surface area contributed by atoms with Gasteiger partial charge in [-0.25, -0.2) is 9.78 Å². The molecule has 0 unspecified atom stereocenters. The summed E-state index contributed by atoms with van der Waals surface area (Å²) in [6, 6.07) is 3.30. The van der Waals surface area contributed by atoms with Crippen molar-refractivity contribution in [3.05, 3.63) is 23.9 Å². The summed E-state index contributed by atoms with van der Waals surface area (Å²) in [5.74, 6) is 0.0538. The van der Waals surface area contributed by atoms with Gasteiger partial charge in [0, 0.05) is 18.3 Å². The van der Waals surface area contributed by atoms with Crippen molar-refractivity contribution in [2.75, 3.05) is 7.11 Å². The number of methoxy groups -OCH3 is 1. The van der Waals surface area contributed by atoms with Crippen LogP contribution >= 0.6 is 0 Å². The van der Waals surface area contributed by atoms with Gasteiger partial charge in [-0.05, 0) is 31.7 Å². The van der Waals surface area contributed by atoms with Gasteiger partial charge < -0.3 is 14.8 Å². The molecule has 0 spiro atoms. The fourth-order valence-electron chi connectivity index (χ4n) is 2.73. The molecule has 1 fully saturated rings. The standard InChI is InChI=1S/C17H24N2O4/c1-11-6-4-5-7-14(11)19-16(20)12(2)23-17(21)13-8-9-15(22-3)18-10-13/h8-12,14H,4-7H2,1-3H3,(H,19,20)/t11-,12-,14-/m1/s1. The van der Waals surface area contributed by atoms with Gasteiger partial charge in [0.05, 0.1) is 12.7 Å². The number of hydrogen-bond donors (Lipinski definition) is 1. The normalized spacial score (nSPS) is 22.0. The van der Waals surface area contributed by atoms with E-state index in [4.69, 9.17) is 9.47 Å². The van der Waals surface area contributed by atoms with E-state index in [0.717, 1.165) is 19.3 Å². The zero-order chi connectivity index (χ0) is 16.8. The summed E-state index contributed by atoms with van der Waals surface area (Å²) in [5, 5.41) is 2.99. The molecule has 1 aliphatic carbocycles. The predicted molar refractivity (Wildman–Crippen MR) is 85.2 cm³/mol. The highest BCUT2D eigenvalue weighted by molar-refractivity contribution is 5.92. The van der Waals surface area contributed by atoms with E-state index in [9.17, 15) is 9.59 Å². The smallest absolute Gasteiger partial charge is 0.340 e. The highest BCUT2D eigenvalue weighted by atomic mass is 16.5. The van der Waals surface area contributed by atoms with E-state index in [1.807, 2.05) is 0 Å². The molecule has 1 heterocycles. The molecule has 1 amide bonds. The lowest BCUT2D eigenvalue weighted by atomic mass is 9.86. The Morgan fingerprint density at radius 1 is 1.30 bits per heavy atom. The Labute approximate surface area is 136 Å². The van der Waals surface area contributed by atoms with Crippen LogP contribution < -0.4 is 10.1 Å². The van der Waals surface area contributed by atoms with Gasteiger partial charge in [-0.1, -0.05) is 19.8 Å². The number of nitrogens with zero attached hydrogens (tertiary/aromatic N) is 1. The Bertz CT molecular complexity index is 544. The first-order valence-electron chi connectivity index (χ1n) is 8.02. The molecule has 23 heavy (non-hydrogen) atoms. The van der Waals surface area contributed by atoms with Gasteiger partial charge in [0.1, 0.15) is 0 Å². The summed E-state index contributed by atoms with van der Waals surface area (Å²) in [6.45, 7) is 3.72. The van der Waals surface area contributed by atoms with Crippen molar-refractivity contribution in [3.63, 3.8) is 0 Å². The van der Waals surface area contributed by atoms with E-state index >= 15 is 0 Å². The molecule has 6 heteroatoms. The minimum absolute atomic E-state index is 0.167. The van der Waals surface area contributed by atoms with Gasteiger partial charge in [-0.3, -0.25) is 4.79 Å². The summed E-state index contributed by atoms with van der Waals surface area (Å²) >= 11 is 0. The number of hydrogen-bond acceptors (Lipinski definition) is 5. The van der Waals surface area contributed by atoms with E-state index in [2.05, 4.69) is 17.2 Å². The van der Waals surface area contributed by atoms with Gasteiger partial charge >= 0.3 is 5.97 Å². The molecule has 0 bridgehead atoms. The van der Waals surface area contributed by atoms with Crippen molar-refractivity contribution in [2.24, 2.45) is 5.92 Å². The summed E-state index contributed by atoms with van der Waals surface area (Å²) < 4.78 is 10.2. The van der Waals surface area contributed by atoms with Crippen molar-refractivity contribution >= 4 is 11.9 Å². The van der Waals surface area contributed by atoms with Gasteiger partial charge in [-0.2, -0.15) is 0 Å². The number of rotatable bonds is 5. The number of nitrogens with one attached hydrogen (secondary N) is 1. The lowest BCUT2D eigenvalue weighted by molar-refractivity contribution is -0.130. The topological polar surface area (TPSA) is 77.5 Å². The van der Waals surface area contributed by atoms with E-state index < -0.39 is 12.1 Å². The molecule has 2 rings (SSSR count). The molecular formula is C17H24N2O4. The van der Waals surface area contributed by atoms with Crippen molar-refractivity contribution in [2.45, 2.75) is 51.7 Å². The Hall–Kier alpha value is -2.11. The monoisotopic (exact) mass is 320 g/mol. The van der Waals surface area contributed by atoms with E-state index in [-0.39, 0.29) is 17.5 Å². The van der Waals surface area contributed by atoms with Gasteiger partial charge in [0.15, 0.2) is 6.10 Å². The predicted octanol–water partition coefficient (Wildman–Crippen LogP) is 2.33. The van der Waals surface area contributed by atoms with Crippen LogP contribution in [0.2, 0.25) is 0 Å². The molecule has 1 aromatic heterocycles. The van der Waals surface area contributed by atoms with Crippen LogP contribution in [-0.2, 0) is 9.53 Å². The average molecular weight is 320 g/mol. The molecule has 1 aliphatic rings. The second kappa shape index (κ2) is 7.94. The lowest BCUT2D eigenvalue weighted by Crippen LogP contribution is -2.45. The molecule has 1 N–H and O–H groups in total. The summed E-state index contributed by atoms with van der Waals surface area (Å²) in [6.07, 6.45) is 4.98. The fraction of sp³-hybridized carbons (Fsp3) is 0.588. The zero-order valence-corrected chi connectivity index (χ0v) is 13.9. The fourth-order valence-corrected chi connectivity index (χ4v) is 2.73. The highest BCUT2D eigenvalue weighted by Crippen LogP contribution is 2.23. The number of aromatic nitrogens is 1. The molecule has 126 valence electrons. The van der Waals surface area contributed by atoms with Gasteiger partial charge in [-0.15, -0.1) is 0 Å². The molecule has 1 saturated carbocycles. The molecule has 0 aromatic carbocycles. The van der Waals surface area contributed by atoms with Crippen LogP contribution in [0.4, 0.5) is 0 Å². The summed E-state index contributed by atoms with van der Waals surface area (Å²) in [4.78, 5) is 28.2. The van der Waals surface area contributed by atoms with Crippen molar-refractivity contribution in [1.82, 2.24) is 10.3 Å². The zero-order valence-electron chi connectivity index (χ0n) is 13.9. The summed E-state index contributed by atoms with van der Waals surface area (Å²) in [7, 11) is 1.50. The maximum Gasteiger partial charge on any atom is 0.340 e. The number of ether oxygens (including phenoxy) is 2. The van der Waals surface area contributed by atoms with Crippen molar-refractivity contribution in [3.8, 4) is 5.88 Å². The van der Waals surface area contributed by atoms with E-state index in [1.54, 1.807) is 19.1 Å². The van der Waals surface area contributed by atoms with Gasteiger partial charge in [0.25, 0.3) is 5.91 Å². The number of esters is 1. The first kappa shape index (κ1) is 17.2. The third-order valence-electron chi connectivity index (χ3n) is 4.27. The first-order valence-corrected chi connectivity index (χ1v) is 8.02. The van der Waals surface area contributed by atoms with Crippen molar-refractivity contribution in [1.29, 1.82) is 0 Å². The third-order valence-corrected chi connectivity index (χ3v) is 4.27. The van der Waals surface area contributed by atoms with Crippen LogP contribution in [0.15, 0.2) is 18.3 Å². The van der Waals surface area contributed by atoms with Crippen molar-refractivity contribution < 1.29 is 19.1 Å². The molecule has 6 nitrogen and oxygen atoms in total. The minimum Gasteiger partial charge on any atom is -0.481 e. The van der Waals surface area contributed by atoms with Crippen LogP contribution in [0.5, 0.6) is 5.88 Å². The Balaban J connectivity index is 1.87. The molecule has 0 aliphatic heterocycles. The van der Waals surface area contributed by atoms with Gasteiger partial charge in [0.2, 0.25) is 5.88 Å². The third kappa shape index (κ3) is 4.68. The van der Waals surface area contributed by atoms with Crippen LogP contribution in [0.1, 0.15) is 49.9 Å². The molecule has 3 atom stereocenters. The number of pyridine rings is 1. The molecule has 0 radical (unpaired) electrons. The number of carbonyl (C=O) groups excluding carboxylic acids is 2. The highest BCUT2D eigenvalue weighted by Gasteiger charge is 2.26. The van der Waals surface area contributed by atoms with Crippen LogP contribution in [0.25, 0.3) is 0 Å². The van der Waals surface area contributed by atoms with Crippen LogP contribution in [0, 0.1) is 5.92 Å². The Morgan fingerprint density at radius 3 is 2.65 bits per heavy atom.